The summed E-state index contributed by atoms with van der Waals surface area (Å²) in [6.45, 7) is 3.76. The quantitative estimate of drug-likeness (QED) is 0.459. The van der Waals surface area contributed by atoms with E-state index >= 15 is 0 Å². The molecule has 0 aliphatic heterocycles. The molecular weight excluding hydrogens is 132 g/mol. The van der Waals surface area contributed by atoms with Crippen molar-refractivity contribution < 1.29 is 0 Å². The van der Waals surface area contributed by atoms with Crippen LogP contribution in [0.1, 0.15) is 57.8 Å². The van der Waals surface area contributed by atoms with Gasteiger partial charge >= 0.3 is 0 Å². The monoisotopic (exact) mass is 152 g/mol. The van der Waals surface area contributed by atoms with Crippen molar-refractivity contribution in [2.75, 3.05) is 0 Å². The van der Waals surface area contributed by atoms with Crippen molar-refractivity contribution in [3.05, 3.63) is 12.2 Å². The zero-order valence-electron chi connectivity index (χ0n) is 7.57. The van der Waals surface area contributed by atoms with Crippen molar-refractivity contribution in [2.24, 2.45) is 0 Å². The molecule has 0 N–H and O–H groups in total. The fourth-order valence-electron chi connectivity index (χ4n) is 1.49. The fraction of sp³-hybridized carbons (Fsp3) is 0.818. The molecule has 0 saturated heterocycles. The molecule has 2 saturated carbocycles. The van der Waals surface area contributed by atoms with Gasteiger partial charge in [-0.15, -0.1) is 0 Å². The summed E-state index contributed by atoms with van der Waals surface area (Å²) in [7, 11) is 0. The highest BCUT2D eigenvalue weighted by molar-refractivity contribution is 5.01. The molecule has 0 spiro atoms. The van der Waals surface area contributed by atoms with Crippen molar-refractivity contribution in [1.82, 2.24) is 0 Å². The highest BCUT2D eigenvalue weighted by Gasteiger charge is 2.02. The molecule has 11 heavy (non-hydrogen) atoms. The van der Waals surface area contributed by atoms with Gasteiger partial charge in [0.2, 0.25) is 0 Å². The average molecular weight is 152 g/mol. The maximum atomic E-state index is 3.76. The second-order valence-corrected chi connectivity index (χ2v) is 3.72. The SMILES string of the molecule is C1CCCCC1.C=C1CCC1. The maximum Gasteiger partial charge on any atom is -0.0320 e. The second-order valence-electron chi connectivity index (χ2n) is 3.72. The summed E-state index contributed by atoms with van der Waals surface area (Å²) in [5.74, 6) is 0. The van der Waals surface area contributed by atoms with E-state index in [0.717, 1.165) is 0 Å². The van der Waals surface area contributed by atoms with Crippen molar-refractivity contribution in [3.63, 3.8) is 0 Å². The molecule has 2 fully saturated rings. The Kier molecular flexibility index (Phi) is 4.33. The molecule has 0 aromatic carbocycles. The Balaban J connectivity index is 0.000000112. The van der Waals surface area contributed by atoms with E-state index in [1.165, 1.54) is 63.4 Å². The molecule has 0 heteroatoms. The van der Waals surface area contributed by atoms with Crippen molar-refractivity contribution in [3.8, 4) is 0 Å². The van der Waals surface area contributed by atoms with E-state index in [0.29, 0.717) is 0 Å². The van der Waals surface area contributed by atoms with Crippen LogP contribution in [0.4, 0.5) is 0 Å². The first kappa shape index (κ1) is 8.83. The van der Waals surface area contributed by atoms with Crippen LogP contribution in [0.5, 0.6) is 0 Å². The van der Waals surface area contributed by atoms with Gasteiger partial charge in [-0.05, 0) is 19.3 Å². The van der Waals surface area contributed by atoms with Crippen molar-refractivity contribution >= 4 is 0 Å². The molecule has 0 aromatic heterocycles. The van der Waals surface area contributed by atoms with Crippen LogP contribution in [0.25, 0.3) is 0 Å². The zero-order valence-corrected chi connectivity index (χ0v) is 7.57. The summed E-state index contributed by atoms with van der Waals surface area (Å²) in [6, 6.07) is 0. The van der Waals surface area contributed by atoms with Crippen LogP contribution in [-0.2, 0) is 0 Å². The lowest BCUT2D eigenvalue weighted by molar-refractivity contribution is 0.504. The first-order valence-corrected chi connectivity index (χ1v) is 5.06. The first-order valence-electron chi connectivity index (χ1n) is 5.06. The normalized spacial score (nSPS) is 23.1. The topological polar surface area (TPSA) is 0 Å². The van der Waals surface area contributed by atoms with Gasteiger partial charge in [-0.2, -0.15) is 0 Å². The minimum atomic E-state index is 1.29. The Morgan fingerprint density at radius 2 is 0.909 bits per heavy atom. The summed E-state index contributed by atoms with van der Waals surface area (Å²) in [4.78, 5) is 0. The number of hydrogen-bond donors (Lipinski definition) is 0. The van der Waals surface area contributed by atoms with Crippen LogP contribution >= 0.6 is 0 Å². The predicted octanol–water partition coefficient (Wildman–Crippen LogP) is 4.07. The Labute approximate surface area is 70.7 Å². The van der Waals surface area contributed by atoms with Gasteiger partial charge in [0.1, 0.15) is 0 Å². The summed E-state index contributed by atoms with van der Waals surface area (Å²) < 4.78 is 0. The molecule has 2 aliphatic rings. The molecule has 0 atom stereocenters. The number of rotatable bonds is 0. The third kappa shape index (κ3) is 4.23. The van der Waals surface area contributed by atoms with Crippen LogP contribution < -0.4 is 0 Å². The summed E-state index contributed by atoms with van der Waals surface area (Å²) in [6.07, 6.45) is 13.0. The van der Waals surface area contributed by atoms with Crippen LogP contribution in [0.2, 0.25) is 0 Å². The minimum absolute atomic E-state index is 1.29. The third-order valence-corrected chi connectivity index (χ3v) is 2.56. The minimum Gasteiger partial charge on any atom is -0.0999 e. The number of allylic oxidation sites excluding steroid dienone is 1. The summed E-state index contributed by atoms with van der Waals surface area (Å²) in [5.41, 5.74) is 1.44. The fourth-order valence-corrected chi connectivity index (χ4v) is 1.49. The van der Waals surface area contributed by atoms with Crippen LogP contribution in [0.15, 0.2) is 12.2 Å². The van der Waals surface area contributed by atoms with Gasteiger partial charge in [0.25, 0.3) is 0 Å². The Morgan fingerprint density at radius 3 is 1.00 bits per heavy atom. The van der Waals surface area contributed by atoms with Crippen molar-refractivity contribution in [1.29, 1.82) is 0 Å². The van der Waals surface area contributed by atoms with Gasteiger partial charge in [-0.3, -0.25) is 0 Å². The van der Waals surface area contributed by atoms with Crippen LogP contribution in [0, 0.1) is 0 Å². The molecule has 0 heterocycles. The third-order valence-electron chi connectivity index (χ3n) is 2.56. The van der Waals surface area contributed by atoms with E-state index in [1.54, 1.807) is 0 Å². The lowest BCUT2D eigenvalue weighted by atomic mass is 9.95. The molecule has 0 bridgehead atoms. The van der Waals surface area contributed by atoms with Gasteiger partial charge in [-0.25, -0.2) is 0 Å². The van der Waals surface area contributed by atoms with Gasteiger partial charge in [0, 0.05) is 0 Å². The standard InChI is InChI=1S/C6H12.C5H8/c1-2-4-6-5-3-1;1-5-3-2-4-5/h1-6H2;1-4H2. The first-order chi connectivity index (χ1) is 5.39. The molecule has 0 radical (unpaired) electrons. The molecule has 0 unspecified atom stereocenters. The van der Waals surface area contributed by atoms with Gasteiger partial charge in [-0.1, -0.05) is 50.7 Å². The number of hydrogen-bond acceptors (Lipinski definition) is 0. The molecule has 64 valence electrons. The zero-order chi connectivity index (χ0) is 7.94. The molecular formula is C11H20. The molecule has 2 aliphatic carbocycles. The molecule has 2 rings (SSSR count). The van der Waals surface area contributed by atoms with E-state index in [4.69, 9.17) is 0 Å². The van der Waals surface area contributed by atoms with E-state index in [9.17, 15) is 0 Å². The molecule has 0 amide bonds. The second kappa shape index (κ2) is 5.40. The summed E-state index contributed by atoms with van der Waals surface area (Å²) in [5, 5.41) is 0. The van der Waals surface area contributed by atoms with E-state index in [1.807, 2.05) is 0 Å². The van der Waals surface area contributed by atoms with Gasteiger partial charge in [0.15, 0.2) is 0 Å². The lowest BCUT2D eigenvalue weighted by Crippen LogP contribution is -1.92. The molecule has 0 aromatic rings. The van der Waals surface area contributed by atoms with Crippen molar-refractivity contribution in [2.45, 2.75) is 57.8 Å². The Hall–Kier alpha value is -0.260. The van der Waals surface area contributed by atoms with Crippen LogP contribution in [0.3, 0.4) is 0 Å². The average Bonchev–Trinajstić information content (AvgIpc) is 2.05. The summed E-state index contributed by atoms with van der Waals surface area (Å²) >= 11 is 0. The Bertz CT molecular complexity index is 91.7. The maximum absolute atomic E-state index is 3.76. The largest absolute Gasteiger partial charge is 0.0999 e. The molecule has 0 nitrogen and oxygen atoms in total. The Morgan fingerprint density at radius 1 is 0.636 bits per heavy atom. The smallest absolute Gasteiger partial charge is 0.0320 e. The predicted molar refractivity (Wildman–Crippen MR) is 50.7 cm³/mol. The highest BCUT2D eigenvalue weighted by Crippen LogP contribution is 2.21. The van der Waals surface area contributed by atoms with E-state index in [2.05, 4.69) is 6.58 Å². The highest BCUT2D eigenvalue weighted by atomic mass is 14.1. The van der Waals surface area contributed by atoms with Crippen LogP contribution in [-0.4, -0.2) is 0 Å². The lowest BCUT2D eigenvalue weighted by Gasteiger charge is -2.11. The van der Waals surface area contributed by atoms with E-state index in [-0.39, 0.29) is 0 Å². The van der Waals surface area contributed by atoms with E-state index < -0.39 is 0 Å². The van der Waals surface area contributed by atoms with Gasteiger partial charge < -0.3 is 0 Å². The van der Waals surface area contributed by atoms with Gasteiger partial charge in [0.05, 0.1) is 0 Å².